The molecular weight excluding hydrogens is 683 g/mol. The number of benzene rings is 8. The van der Waals surface area contributed by atoms with Gasteiger partial charge in [0.2, 0.25) is 0 Å². The minimum Gasteiger partial charge on any atom is -0.456 e. The summed E-state index contributed by atoms with van der Waals surface area (Å²) in [5, 5.41) is 2.11. The normalized spacial score (nSPS) is 11.3. The van der Waals surface area contributed by atoms with Gasteiger partial charge in [-0.05, 0) is 70.1 Å². The van der Waals surface area contributed by atoms with Crippen molar-refractivity contribution in [1.29, 1.82) is 0 Å². The summed E-state index contributed by atoms with van der Waals surface area (Å²) in [5.74, 6) is 1.81. The van der Waals surface area contributed by atoms with Crippen LogP contribution in [0.4, 0.5) is 0 Å². The number of nitrogens with zero attached hydrogens (tertiary/aromatic N) is 3. The van der Waals surface area contributed by atoms with E-state index in [-0.39, 0.29) is 0 Å². The summed E-state index contributed by atoms with van der Waals surface area (Å²) in [5.41, 5.74) is 14.8. The second kappa shape index (κ2) is 14.1. The lowest BCUT2D eigenvalue weighted by molar-refractivity contribution is 0.669. The smallest absolute Gasteiger partial charge is 0.164 e. The zero-order valence-electron chi connectivity index (χ0n) is 30.7. The molecule has 0 saturated heterocycles. The molecule has 4 heteroatoms. The van der Waals surface area contributed by atoms with Crippen molar-refractivity contribution in [3.8, 4) is 78.7 Å². The van der Waals surface area contributed by atoms with Gasteiger partial charge in [-0.1, -0.05) is 175 Å². The molecule has 8 aromatic carbocycles. The Hall–Kier alpha value is -7.43. The summed E-state index contributed by atoms with van der Waals surface area (Å²) in [6, 6.07) is 67.6. The molecule has 0 saturated carbocycles. The standard InChI is InChI=1S/C52H35N3O/c1-34-13-11-20-40(31-34)36-23-25-39(26-24-36)51-53-50(38-18-9-4-10-19-38)54-52(55-51)43-27-28-45-47(33-43)56-46-30-29-44(37-16-7-3-8-17-37)48(49(45)46)42-22-12-21-41(32-42)35-14-5-2-6-15-35/h2-33H,1H3. The summed E-state index contributed by atoms with van der Waals surface area (Å²) < 4.78 is 6.70. The molecule has 0 bridgehead atoms. The highest BCUT2D eigenvalue weighted by atomic mass is 16.3. The van der Waals surface area contributed by atoms with Crippen LogP contribution >= 0.6 is 0 Å². The Labute approximate surface area is 325 Å². The lowest BCUT2D eigenvalue weighted by atomic mass is 9.89. The van der Waals surface area contributed by atoms with Gasteiger partial charge in [-0.3, -0.25) is 0 Å². The molecule has 0 N–H and O–H groups in total. The Kier molecular flexibility index (Phi) is 8.34. The van der Waals surface area contributed by atoms with E-state index < -0.39 is 0 Å². The zero-order chi connectivity index (χ0) is 37.4. The van der Waals surface area contributed by atoms with Crippen molar-refractivity contribution in [3.63, 3.8) is 0 Å². The fourth-order valence-electron chi connectivity index (χ4n) is 7.64. The van der Waals surface area contributed by atoms with Crippen molar-refractivity contribution in [2.24, 2.45) is 0 Å². The van der Waals surface area contributed by atoms with Gasteiger partial charge in [0.05, 0.1) is 0 Å². The van der Waals surface area contributed by atoms with Crippen LogP contribution in [0.25, 0.3) is 101 Å². The molecule has 0 fully saturated rings. The first-order chi connectivity index (χ1) is 27.6. The van der Waals surface area contributed by atoms with E-state index in [1.807, 2.05) is 30.3 Å². The molecule has 0 spiro atoms. The van der Waals surface area contributed by atoms with E-state index in [4.69, 9.17) is 19.4 Å². The van der Waals surface area contributed by atoms with E-state index in [9.17, 15) is 0 Å². The molecule has 0 atom stereocenters. The van der Waals surface area contributed by atoms with Gasteiger partial charge in [-0.2, -0.15) is 0 Å². The molecular formula is C52H35N3O. The number of fused-ring (bicyclic) bond motifs is 3. The first kappa shape index (κ1) is 33.2. The van der Waals surface area contributed by atoms with Crippen LogP contribution in [-0.2, 0) is 0 Å². The Bertz CT molecular complexity index is 3010. The number of aromatic nitrogens is 3. The van der Waals surface area contributed by atoms with Crippen LogP contribution in [0.15, 0.2) is 199 Å². The average molecular weight is 718 g/mol. The topological polar surface area (TPSA) is 51.8 Å². The average Bonchev–Trinajstić information content (AvgIpc) is 3.65. The van der Waals surface area contributed by atoms with E-state index in [2.05, 4.69) is 171 Å². The van der Waals surface area contributed by atoms with Crippen molar-refractivity contribution >= 4 is 21.9 Å². The predicted octanol–water partition coefficient (Wildman–Crippen LogP) is 13.7. The SMILES string of the molecule is Cc1cccc(-c2ccc(-c3nc(-c4ccccc4)nc(-c4ccc5c(c4)oc4ccc(-c6ccccc6)c(-c6cccc(-c7ccccc7)c6)c45)n3)cc2)c1. The highest BCUT2D eigenvalue weighted by Crippen LogP contribution is 2.44. The molecule has 4 nitrogen and oxygen atoms in total. The number of rotatable bonds is 7. The van der Waals surface area contributed by atoms with Crippen molar-refractivity contribution in [3.05, 3.63) is 200 Å². The van der Waals surface area contributed by atoms with Gasteiger partial charge in [0.25, 0.3) is 0 Å². The first-order valence-corrected chi connectivity index (χ1v) is 18.8. The largest absolute Gasteiger partial charge is 0.456 e. The molecule has 2 heterocycles. The van der Waals surface area contributed by atoms with Crippen molar-refractivity contribution < 1.29 is 4.42 Å². The van der Waals surface area contributed by atoms with Crippen LogP contribution in [0.3, 0.4) is 0 Å². The van der Waals surface area contributed by atoms with E-state index in [1.54, 1.807) is 0 Å². The second-order valence-electron chi connectivity index (χ2n) is 14.1. The maximum atomic E-state index is 6.70. The molecule has 10 rings (SSSR count). The zero-order valence-corrected chi connectivity index (χ0v) is 30.7. The third kappa shape index (κ3) is 6.23. The molecule has 10 aromatic rings. The number of hydrogen-bond donors (Lipinski definition) is 0. The second-order valence-corrected chi connectivity index (χ2v) is 14.1. The number of hydrogen-bond acceptors (Lipinski definition) is 4. The predicted molar refractivity (Wildman–Crippen MR) is 230 cm³/mol. The van der Waals surface area contributed by atoms with Gasteiger partial charge in [0, 0.05) is 33.0 Å². The number of aryl methyl sites for hydroxylation is 1. The third-order valence-corrected chi connectivity index (χ3v) is 10.4. The highest BCUT2D eigenvalue weighted by Gasteiger charge is 2.20. The van der Waals surface area contributed by atoms with Crippen LogP contribution in [-0.4, -0.2) is 15.0 Å². The summed E-state index contributed by atoms with van der Waals surface area (Å²) in [6.45, 7) is 2.11. The van der Waals surface area contributed by atoms with Crippen molar-refractivity contribution in [2.75, 3.05) is 0 Å². The van der Waals surface area contributed by atoms with Gasteiger partial charge in [-0.15, -0.1) is 0 Å². The molecule has 0 amide bonds. The minimum absolute atomic E-state index is 0.583. The van der Waals surface area contributed by atoms with Crippen LogP contribution in [0, 0.1) is 6.92 Å². The maximum absolute atomic E-state index is 6.70. The molecule has 0 aliphatic carbocycles. The quantitative estimate of drug-likeness (QED) is 0.165. The Morgan fingerprint density at radius 3 is 1.52 bits per heavy atom. The molecule has 56 heavy (non-hydrogen) atoms. The van der Waals surface area contributed by atoms with Crippen LogP contribution in [0.2, 0.25) is 0 Å². The minimum atomic E-state index is 0.583. The molecule has 2 aromatic heterocycles. The molecule has 0 unspecified atom stereocenters. The fourth-order valence-corrected chi connectivity index (χ4v) is 7.64. The number of furan rings is 1. The molecule has 0 aliphatic heterocycles. The van der Waals surface area contributed by atoms with Crippen LogP contribution < -0.4 is 0 Å². The van der Waals surface area contributed by atoms with Gasteiger partial charge in [0.1, 0.15) is 11.2 Å². The van der Waals surface area contributed by atoms with Gasteiger partial charge < -0.3 is 4.42 Å². The lowest BCUT2D eigenvalue weighted by Gasteiger charge is -2.14. The third-order valence-electron chi connectivity index (χ3n) is 10.4. The first-order valence-electron chi connectivity index (χ1n) is 18.8. The highest BCUT2D eigenvalue weighted by molar-refractivity contribution is 6.16. The summed E-state index contributed by atoms with van der Waals surface area (Å²) in [6.07, 6.45) is 0. The van der Waals surface area contributed by atoms with Crippen LogP contribution in [0.1, 0.15) is 5.56 Å². The van der Waals surface area contributed by atoms with Crippen LogP contribution in [0.5, 0.6) is 0 Å². The Morgan fingerprint density at radius 2 is 0.839 bits per heavy atom. The van der Waals surface area contributed by atoms with Gasteiger partial charge >= 0.3 is 0 Å². The van der Waals surface area contributed by atoms with Gasteiger partial charge in [-0.25, -0.2) is 15.0 Å². The van der Waals surface area contributed by atoms with E-state index in [0.717, 1.165) is 66.4 Å². The van der Waals surface area contributed by atoms with Crippen molar-refractivity contribution in [2.45, 2.75) is 6.92 Å². The molecule has 0 radical (unpaired) electrons. The summed E-state index contributed by atoms with van der Waals surface area (Å²) >= 11 is 0. The Balaban J connectivity index is 1.12. The Morgan fingerprint density at radius 1 is 0.339 bits per heavy atom. The van der Waals surface area contributed by atoms with E-state index in [0.29, 0.717) is 17.5 Å². The lowest BCUT2D eigenvalue weighted by Crippen LogP contribution is -2.00. The van der Waals surface area contributed by atoms with E-state index in [1.165, 1.54) is 22.3 Å². The molecule has 264 valence electrons. The summed E-state index contributed by atoms with van der Waals surface area (Å²) in [4.78, 5) is 15.1. The molecule has 0 aliphatic rings. The summed E-state index contributed by atoms with van der Waals surface area (Å²) in [7, 11) is 0. The van der Waals surface area contributed by atoms with Gasteiger partial charge in [0.15, 0.2) is 17.5 Å². The fraction of sp³-hybridized carbons (Fsp3) is 0.0192. The monoisotopic (exact) mass is 717 g/mol. The maximum Gasteiger partial charge on any atom is 0.164 e. The van der Waals surface area contributed by atoms with Crippen molar-refractivity contribution in [1.82, 2.24) is 15.0 Å². The van der Waals surface area contributed by atoms with E-state index >= 15 is 0 Å².